The Balaban J connectivity index is 2.17. The van der Waals surface area contributed by atoms with Crippen LogP contribution in [-0.4, -0.2) is 59.5 Å². The largest absolute Gasteiger partial charge is 0.368 e. The van der Waals surface area contributed by atoms with Gasteiger partial charge >= 0.3 is 0 Å². The van der Waals surface area contributed by atoms with Gasteiger partial charge in [-0.25, -0.2) is 4.68 Å². The molecule has 0 radical (unpaired) electrons. The van der Waals surface area contributed by atoms with E-state index in [0.29, 0.717) is 17.3 Å². The van der Waals surface area contributed by atoms with E-state index >= 15 is 0 Å². The van der Waals surface area contributed by atoms with E-state index in [0.717, 1.165) is 5.57 Å². The third-order valence-corrected chi connectivity index (χ3v) is 8.30. The number of allylic oxidation sites excluding steroid dienone is 2. The number of carbonyl (C=O) groups excluding carboxylic acids is 2. The van der Waals surface area contributed by atoms with Gasteiger partial charge in [0.15, 0.2) is 11.9 Å². The van der Waals surface area contributed by atoms with Crippen LogP contribution in [0.2, 0.25) is 0 Å². The van der Waals surface area contributed by atoms with Crippen molar-refractivity contribution in [2.45, 2.75) is 54.8 Å². The summed E-state index contributed by atoms with van der Waals surface area (Å²) < 4.78 is 6.45. The number of fused-ring (bicyclic) bond motifs is 1. The summed E-state index contributed by atoms with van der Waals surface area (Å²) in [6, 6.07) is 0. The number of Topliss-reactive ketones (excluding diaryl/α,β-unsaturated/α-hetero) is 1. The first-order chi connectivity index (χ1) is 13.1. The molecule has 3 atom stereocenters. The SMILES string of the molecule is C=CCC1(Sc2nnnn2C)S[C@H]2[C@@H](OC)C(=O)N2C(C(=O)C(C)(C)C)=C1C. The lowest BCUT2D eigenvalue weighted by atomic mass is 9.85. The number of amides is 1. The molecule has 0 aliphatic carbocycles. The number of hydrogen-bond donors (Lipinski definition) is 0. The second-order valence-corrected chi connectivity index (χ2v) is 10.8. The number of hydrogen-bond acceptors (Lipinski definition) is 8. The maximum absolute atomic E-state index is 13.3. The number of nitrogens with zero attached hydrogens (tertiary/aromatic N) is 5. The van der Waals surface area contributed by atoms with Crippen LogP contribution in [0.15, 0.2) is 29.1 Å². The van der Waals surface area contributed by atoms with Crippen molar-refractivity contribution < 1.29 is 14.3 Å². The predicted molar refractivity (Wildman–Crippen MR) is 108 cm³/mol. The molecule has 1 aromatic rings. The second kappa shape index (κ2) is 7.31. The van der Waals surface area contributed by atoms with Gasteiger partial charge in [0.05, 0.1) is 9.78 Å². The van der Waals surface area contributed by atoms with Gasteiger partial charge < -0.3 is 4.74 Å². The summed E-state index contributed by atoms with van der Waals surface area (Å²) in [5.41, 5.74) is 0.655. The van der Waals surface area contributed by atoms with Crippen LogP contribution in [0.5, 0.6) is 0 Å². The zero-order chi connectivity index (χ0) is 20.9. The van der Waals surface area contributed by atoms with E-state index in [-0.39, 0.29) is 17.1 Å². The Bertz CT molecular complexity index is 860. The number of β-lactam (4-membered cyclic amide) rings is 1. The number of rotatable bonds is 6. The smallest absolute Gasteiger partial charge is 0.260 e. The molecule has 0 saturated carbocycles. The average Bonchev–Trinajstić information content (AvgIpc) is 3.01. The first kappa shape index (κ1) is 21.1. The summed E-state index contributed by atoms with van der Waals surface area (Å²) in [6.07, 6.45) is 1.82. The average molecular weight is 424 g/mol. The molecule has 0 N–H and O–H groups in total. The third kappa shape index (κ3) is 3.21. The first-order valence-electron chi connectivity index (χ1n) is 8.89. The molecule has 10 heteroatoms. The molecule has 1 unspecified atom stereocenters. The van der Waals surface area contributed by atoms with Crippen LogP contribution in [0.1, 0.15) is 34.1 Å². The minimum Gasteiger partial charge on any atom is -0.368 e. The number of tetrazole rings is 1. The van der Waals surface area contributed by atoms with Crippen LogP contribution in [0.3, 0.4) is 0 Å². The van der Waals surface area contributed by atoms with Gasteiger partial charge in [-0.3, -0.25) is 14.5 Å². The molecule has 0 bridgehead atoms. The van der Waals surface area contributed by atoms with Crippen molar-refractivity contribution in [1.29, 1.82) is 0 Å². The molecule has 1 saturated heterocycles. The molecule has 2 aliphatic heterocycles. The predicted octanol–water partition coefficient (Wildman–Crippen LogP) is 2.39. The van der Waals surface area contributed by atoms with E-state index in [2.05, 4.69) is 22.1 Å². The normalized spacial score (nSPS) is 27.5. The number of methoxy groups -OCH3 is 1. The maximum Gasteiger partial charge on any atom is 0.260 e. The van der Waals surface area contributed by atoms with Gasteiger partial charge in [-0.15, -0.1) is 23.4 Å². The van der Waals surface area contributed by atoms with Gasteiger partial charge in [0.25, 0.3) is 5.91 Å². The van der Waals surface area contributed by atoms with Gasteiger partial charge in [-0.05, 0) is 29.3 Å². The van der Waals surface area contributed by atoms with E-state index < -0.39 is 15.6 Å². The van der Waals surface area contributed by atoms with E-state index in [9.17, 15) is 9.59 Å². The fraction of sp³-hybridized carbons (Fsp3) is 0.611. The Labute approximate surface area is 173 Å². The summed E-state index contributed by atoms with van der Waals surface area (Å²) >= 11 is 3.07. The lowest BCUT2D eigenvalue weighted by Crippen LogP contribution is -2.67. The zero-order valence-corrected chi connectivity index (χ0v) is 18.6. The zero-order valence-electron chi connectivity index (χ0n) is 16.9. The van der Waals surface area contributed by atoms with Crippen molar-refractivity contribution in [3.8, 4) is 0 Å². The van der Waals surface area contributed by atoms with Crippen LogP contribution >= 0.6 is 23.5 Å². The first-order valence-corrected chi connectivity index (χ1v) is 10.6. The molecule has 1 fully saturated rings. The van der Waals surface area contributed by atoms with Crippen LogP contribution in [0.4, 0.5) is 0 Å². The minimum absolute atomic E-state index is 0.0664. The van der Waals surface area contributed by atoms with Crippen molar-refractivity contribution in [3.63, 3.8) is 0 Å². The standard InChI is InChI=1S/C18H25N5O3S2/c1-8-9-18(28-16-19-20-21-22(16)6)10(2)11(13(24)17(3,4)5)23-14(25)12(26-7)15(23)27-18/h8,12,15H,1,9H2,2-7H3/t12-,15-,18?/m0/s1. The van der Waals surface area contributed by atoms with Crippen LogP contribution < -0.4 is 0 Å². The number of ketones is 1. The number of aromatic nitrogens is 4. The summed E-state index contributed by atoms with van der Waals surface area (Å²) in [5, 5.41) is 12.1. The van der Waals surface area contributed by atoms with E-state index in [1.165, 1.54) is 18.9 Å². The van der Waals surface area contributed by atoms with Crippen molar-refractivity contribution in [2.24, 2.45) is 12.5 Å². The highest BCUT2D eigenvalue weighted by molar-refractivity contribution is 8.18. The number of carbonyl (C=O) groups is 2. The lowest BCUT2D eigenvalue weighted by molar-refractivity contribution is -0.160. The molecule has 3 heterocycles. The molecule has 3 rings (SSSR count). The Morgan fingerprint density at radius 2 is 2.14 bits per heavy atom. The fourth-order valence-corrected chi connectivity index (χ4v) is 6.52. The molecule has 2 aliphatic rings. The maximum atomic E-state index is 13.3. The summed E-state index contributed by atoms with van der Waals surface area (Å²) in [4.78, 5) is 27.6. The summed E-state index contributed by atoms with van der Waals surface area (Å²) in [7, 11) is 3.29. The lowest BCUT2D eigenvalue weighted by Gasteiger charge is -2.54. The highest BCUT2D eigenvalue weighted by atomic mass is 32.2. The molecule has 0 aromatic carbocycles. The molecule has 152 valence electrons. The van der Waals surface area contributed by atoms with Gasteiger partial charge in [0, 0.05) is 19.6 Å². The monoisotopic (exact) mass is 423 g/mol. The topological polar surface area (TPSA) is 90.2 Å². The third-order valence-electron chi connectivity index (χ3n) is 4.87. The number of thioether (sulfide) groups is 2. The fourth-order valence-electron chi connectivity index (χ4n) is 3.27. The molecular formula is C18H25N5O3S2. The highest BCUT2D eigenvalue weighted by Gasteiger charge is 2.60. The Kier molecular flexibility index (Phi) is 5.50. The Morgan fingerprint density at radius 3 is 2.64 bits per heavy atom. The molecule has 0 spiro atoms. The van der Waals surface area contributed by atoms with Crippen LogP contribution in [-0.2, 0) is 21.4 Å². The summed E-state index contributed by atoms with van der Waals surface area (Å²) in [5.74, 6) is -0.243. The second-order valence-electron chi connectivity index (χ2n) is 7.86. The van der Waals surface area contributed by atoms with E-state index in [4.69, 9.17) is 4.74 Å². The van der Waals surface area contributed by atoms with Crippen molar-refractivity contribution in [1.82, 2.24) is 25.1 Å². The number of aryl methyl sites for hydroxylation is 1. The van der Waals surface area contributed by atoms with Crippen LogP contribution in [0.25, 0.3) is 0 Å². The number of ether oxygens (including phenoxy) is 1. The summed E-state index contributed by atoms with van der Waals surface area (Å²) in [6.45, 7) is 11.4. The molecule has 28 heavy (non-hydrogen) atoms. The molecule has 1 amide bonds. The van der Waals surface area contributed by atoms with Crippen molar-refractivity contribution >= 4 is 35.2 Å². The van der Waals surface area contributed by atoms with E-state index in [1.54, 1.807) is 28.4 Å². The molecular weight excluding hydrogens is 398 g/mol. The van der Waals surface area contributed by atoms with Gasteiger partial charge in [-0.2, -0.15) is 0 Å². The van der Waals surface area contributed by atoms with Crippen molar-refractivity contribution in [2.75, 3.05) is 7.11 Å². The Morgan fingerprint density at radius 1 is 1.46 bits per heavy atom. The van der Waals surface area contributed by atoms with Gasteiger partial charge in [-0.1, -0.05) is 38.6 Å². The van der Waals surface area contributed by atoms with Crippen molar-refractivity contribution in [3.05, 3.63) is 23.9 Å². The molecule has 8 nitrogen and oxygen atoms in total. The van der Waals surface area contributed by atoms with Gasteiger partial charge in [0.1, 0.15) is 5.37 Å². The van der Waals surface area contributed by atoms with Crippen LogP contribution in [0, 0.1) is 5.41 Å². The van der Waals surface area contributed by atoms with Gasteiger partial charge in [0.2, 0.25) is 5.16 Å². The quantitative estimate of drug-likeness (QED) is 0.509. The Hall–Kier alpha value is -1.65. The molecule has 1 aromatic heterocycles. The van der Waals surface area contributed by atoms with E-state index in [1.807, 2.05) is 33.8 Å². The minimum atomic E-state index is -0.626. The highest BCUT2D eigenvalue weighted by Crippen LogP contribution is 2.59.